The smallest absolute Gasteiger partial charge is 0.323 e. The Hall–Kier alpha value is -3.71. The Morgan fingerprint density at radius 3 is 2.68 bits per heavy atom. The predicted octanol–water partition coefficient (Wildman–Crippen LogP) is 6.88. The van der Waals surface area contributed by atoms with Crippen LogP contribution in [0.25, 0.3) is 5.00 Å². The molecule has 4 aromatic rings. The van der Waals surface area contributed by atoms with Crippen molar-refractivity contribution in [2.45, 2.75) is 45.2 Å². The van der Waals surface area contributed by atoms with Crippen molar-refractivity contribution in [3.8, 4) is 16.5 Å². The molecule has 6 rings (SSSR count). The number of nitrogens with one attached hydrogen (secondary N) is 1. The number of aromatic nitrogens is 1. The maximum Gasteiger partial charge on any atom is 0.323 e. The van der Waals surface area contributed by atoms with Crippen LogP contribution in [0.4, 0.5) is 10.5 Å². The second-order valence-corrected chi connectivity index (χ2v) is 10.8. The molecule has 1 unspecified atom stereocenters. The number of urea groups is 1. The summed E-state index contributed by atoms with van der Waals surface area (Å²) in [6.45, 7) is 2.64. The molecule has 1 aliphatic heterocycles. The summed E-state index contributed by atoms with van der Waals surface area (Å²) in [5.74, 6) is 1.24. The Kier molecular flexibility index (Phi) is 6.16. The van der Waals surface area contributed by atoms with E-state index < -0.39 is 0 Å². The van der Waals surface area contributed by atoms with Crippen molar-refractivity contribution in [3.05, 3.63) is 93.6 Å². The molecule has 0 radical (unpaired) electrons. The number of ether oxygens (including phenoxy) is 2. The van der Waals surface area contributed by atoms with Crippen LogP contribution in [0.3, 0.4) is 0 Å². The third-order valence-corrected chi connectivity index (χ3v) is 8.78. The lowest BCUT2D eigenvalue weighted by molar-refractivity contribution is 0.194. The highest BCUT2D eigenvalue weighted by Crippen LogP contribution is 2.44. The molecule has 0 saturated carbocycles. The number of carbonyl (C=O) groups excluding carboxylic acids is 1. The van der Waals surface area contributed by atoms with E-state index in [0.29, 0.717) is 23.7 Å². The van der Waals surface area contributed by atoms with Crippen LogP contribution >= 0.6 is 11.3 Å². The summed E-state index contributed by atoms with van der Waals surface area (Å²) < 4.78 is 13.2. The molecule has 7 heteroatoms. The monoisotopic (exact) mass is 513 g/mol. The highest BCUT2D eigenvalue weighted by Gasteiger charge is 2.36. The van der Waals surface area contributed by atoms with Crippen LogP contribution in [0.5, 0.6) is 11.5 Å². The van der Waals surface area contributed by atoms with Crippen LogP contribution in [-0.2, 0) is 19.4 Å². The Bertz CT molecular complexity index is 1470. The molecule has 1 N–H and O–H groups in total. The highest BCUT2D eigenvalue weighted by molar-refractivity contribution is 7.15. The number of benzene rings is 2. The molecule has 2 aromatic carbocycles. The molecule has 0 saturated heterocycles. The minimum atomic E-state index is -0.238. The van der Waals surface area contributed by atoms with Gasteiger partial charge in [0.15, 0.2) is 0 Å². The largest absolute Gasteiger partial charge is 0.497 e. The molecule has 3 heterocycles. The summed E-state index contributed by atoms with van der Waals surface area (Å²) in [7, 11) is 3.22. The van der Waals surface area contributed by atoms with E-state index in [1.54, 1.807) is 20.3 Å². The topological polar surface area (TPSA) is 55.7 Å². The maximum atomic E-state index is 14.2. The Morgan fingerprint density at radius 1 is 1.00 bits per heavy atom. The van der Waals surface area contributed by atoms with Gasteiger partial charge in [-0.15, -0.1) is 11.3 Å². The number of hydrogen-bond acceptors (Lipinski definition) is 4. The molecule has 190 valence electrons. The van der Waals surface area contributed by atoms with E-state index in [1.165, 1.54) is 39.4 Å². The molecule has 0 spiro atoms. The zero-order valence-corrected chi connectivity index (χ0v) is 22.2. The van der Waals surface area contributed by atoms with Gasteiger partial charge in [-0.05, 0) is 68.0 Å². The molecular weight excluding hydrogens is 482 g/mol. The van der Waals surface area contributed by atoms with Gasteiger partial charge in [-0.3, -0.25) is 0 Å². The Balaban J connectivity index is 1.48. The number of amides is 2. The zero-order valence-electron chi connectivity index (χ0n) is 21.4. The average molecular weight is 514 g/mol. The number of thiophene rings is 1. The zero-order chi connectivity index (χ0) is 25.5. The van der Waals surface area contributed by atoms with Crippen molar-refractivity contribution in [3.63, 3.8) is 0 Å². The normalized spacial score (nSPS) is 16.3. The van der Waals surface area contributed by atoms with E-state index in [0.717, 1.165) is 24.1 Å². The number of fused-ring (bicyclic) bond motifs is 5. The third-order valence-electron chi connectivity index (χ3n) is 7.45. The second-order valence-electron chi connectivity index (χ2n) is 9.74. The van der Waals surface area contributed by atoms with Gasteiger partial charge in [-0.25, -0.2) is 4.79 Å². The van der Waals surface area contributed by atoms with E-state index in [1.807, 2.05) is 28.4 Å². The number of methoxy groups -OCH3 is 2. The molecule has 0 fully saturated rings. The minimum Gasteiger partial charge on any atom is -0.497 e. The summed E-state index contributed by atoms with van der Waals surface area (Å²) in [6.07, 6.45) is 6.78. The van der Waals surface area contributed by atoms with Crippen molar-refractivity contribution >= 4 is 23.1 Å². The van der Waals surface area contributed by atoms with Crippen LogP contribution in [0.15, 0.2) is 60.8 Å². The number of nitrogens with zero attached hydrogens (tertiary/aromatic N) is 2. The van der Waals surface area contributed by atoms with Crippen LogP contribution in [-0.4, -0.2) is 29.7 Å². The van der Waals surface area contributed by atoms with Crippen LogP contribution < -0.4 is 14.8 Å². The predicted molar refractivity (Wildman–Crippen MR) is 147 cm³/mol. The number of aryl methyl sites for hydroxylation is 2. The standard InChI is InChI=1S/C30H31N3O3S/c1-19-8-6-9-20(16-19)28-25-11-7-15-32(25)29-23(22-10-4-5-12-27(22)37-29)18-33(28)30(34)31-24-14-13-21(35-2)17-26(24)36-3/h6-9,11,13-17,28H,4-5,10,12,18H2,1-3H3,(H,31,34). The van der Waals surface area contributed by atoms with E-state index in [4.69, 9.17) is 9.47 Å². The summed E-state index contributed by atoms with van der Waals surface area (Å²) in [5.41, 5.74) is 6.70. The number of carbonyl (C=O) groups is 1. The van der Waals surface area contributed by atoms with Gasteiger partial charge >= 0.3 is 6.03 Å². The first-order chi connectivity index (χ1) is 18.1. The van der Waals surface area contributed by atoms with Gasteiger partial charge in [0, 0.05) is 22.7 Å². The van der Waals surface area contributed by atoms with E-state index in [2.05, 4.69) is 59.4 Å². The van der Waals surface area contributed by atoms with E-state index in [-0.39, 0.29) is 12.1 Å². The Labute approximate surface area is 221 Å². The second kappa shape index (κ2) is 9.63. The molecule has 2 aliphatic rings. The summed E-state index contributed by atoms with van der Waals surface area (Å²) in [6, 6.07) is 17.8. The van der Waals surface area contributed by atoms with Gasteiger partial charge in [0.1, 0.15) is 16.5 Å². The van der Waals surface area contributed by atoms with Gasteiger partial charge in [-0.2, -0.15) is 0 Å². The van der Waals surface area contributed by atoms with Crippen LogP contribution in [0.2, 0.25) is 0 Å². The fourth-order valence-electron chi connectivity index (χ4n) is 5.67. The first-order valence-electron chi connectivity index (χ1n) is 12.7. The molecule has 2 aromatic heterocycles. The number of rotatable bonds is 4. The SMILES string of the molecule is COc1ccc(NC(=O)N2Cc3c(sc4c3CCCC4)-n3cccc3C2c2cccc(C)c2)c(OC)c1. The van der Waals surface area contributed by atoms with Gasteiger partial charge in [0.2, 0.25) is 0 Å². The average Bonchev–Trinajstić information content (AvgIpc) is 3.50. The van der Waals surface area contributed by atoms with Crippen LogP contribution in [0.1, 0.15) is 51.7 Å². The van der Waals surface area contributed by atoms with Gasteiger partial charge in [0.05, 0.1) is 38.2 Å². The van der Waals surface area contributed by atoms with Crippen molar-refractivity contribution in [2.24, 2.45) is 0 Å². The van der Waals surface area contributed by atoms with Gasteiger partial charge in [-0.1, -0.05) is 29.8 Å². The lowest BCUT2D eigenvalue weighted by atomic mass is 9.95. The van der Waals surface area contributed by atoms with Crippen molar-refractivity contribution < 1.29 is 14.3 Å². The van der Waals surface area contributed by atoms with Crippen molar-refractivity contribution in [1.82, 2.24) is 9.47 Å². The quantitative estimate of drug-likeness (QED) is 0.324. The van der Waals surface area contributed by atoms with Crippen molar-refractivity contribution in [1.29, 1.82) is 0 Å². The van der Waals surface area contributed by atoms with Crippen molar-refractivity contribution in [2.75, 3.05) is 19.5 Å². The lowest BCUT2D eigenvalue weighted by Gasteiger charge is -2.32. The molecule has 0 bridgehead atoms. The number of anilines is 1. The molecule has 1 atom stereocenters. The van der Waals surface area contributed by atoms with E-state index in [9.17, 15) is 4.79 Å². The fraction of sp³-hybridized carbons (Fsp3) is 0.300. The molecule has 2 amide bonds. The van der Waals surface area contributed by atoms with E-state index >= 15 is 0 Å². The fourth-order valence-corrected chi connectivity index (χ4v) is 7.07. The molecule has 6 nitrogen and oxygen atoms in total. The molecule has 37 heavy (non-hydrogen) atoms. The summed E-state index contributed by atoms with van der Waals surface area (Å²) in [4.78, 5) is 17.6. The maximum absolute atomic E-state index is 14.2. The van der Waals surface area contributed by atoms with Crippen LogP contribution in [0, 0.1) is 6.92 Å². The summed E-state index contributed by atoms with van der Waals surface area (Å²) >= 11 is 1.90. The minimum absolute atomic E-state index is 0.161. The highest BCUT2D eigenvalue weighted by atomic mass is 32.1. The molecular formula is C30H31N3O3S. The first-order valence-corrected chi connectivity index (χ1v) is 13.6. The van der Waals surface area contributed by atoms with Gasteiger partial charge < -0.3 is 24.3 Å². The lowest BCUT2D eigenvalue weighted by Crippen LogP contribution is -2.38. The first kappa shape index (κ1) is 23.7. The summed E-state index contributed by atoms with van der Waals surface area (Å²) in [5, 5.41) is 4.40. The number of hydrogen-bond donors (Lipinski definition) is 1. The molecule has 1 aliphatic carbocycles. The van der Waals surface area contributed by atoms with Gasteiger partial charge in [0.25, 0.3) is 0 Å². The third kappa shape index (κ3) is 4.17. The Morgan fingerprint density at radius 2 is 1.86 bits per heavy atom.